The monoisotopic (exact) mass is 269 g/mol. The van der Waals surface area contributed by atoms with Crippen molar-refractivity contribution in [3.63, 3.8) is 0 Å². The Hall–Kier alpha value is -2.16. The van der Waals surface area contributed by atoms with Gasteiger partial charge in [0.2, 0.25) is 0 Å². The maximum Gasteiger partial charge on any atom is 0.254 e. The highest BCUT2D eigenvalue weighted by molar-refractivity contribution is 5.94. The van der Waals surface area contributed by atoms with Gasteiger partial charge in [0.05, 0.1) is 11.6 Å². The highest BCUT2D eigenvalue weighted by Gasteiger charge is 2.33. The first kappa shape index (κ1) is 12.9. The second-order valence-corrected chi connectivity index (χ2v) is 5.18. The first-order valence-electron chi connectivity index (χ1n) is 6.86. The molecule has 1 amide bonds. The van der Waals surface area contributed by atoms with Gasteiger partial charge in [-0.15, -0.1) is 0 Å². The molecule has 0 aliphatic heterocycles. The van der Waals surface area contributed by atoms with Crippen LogP contribution in [-0.2, 0) is 0 Å². The van der Waals surface area contributed by atoms with Crippen molar-refractivity contribution in [3.05, 3.63) is 71.5 Å². The van der Waals surface area contributed by atoms with Gasteiger partial charge in [0.15, 0.2) is 0 Å². The van der Waals surface area contributed by atoms with Crippen molar-refractivity contribution in [3.8, 4) is 0 Å². The van der Waals surface area contributed by atoms with Crippen LogP contribution in [0.4, 0.5) is 4.39 Å². The van der Waals surface area contributed by atoms with Crippen LogP contribution in [-0.4, -0.2) is 5.91 Å². The van der Waals surface area contributed by atoms with Crippen LogP contribution in [0.15, 0.2) is 54.6 Å². The minimum Gasteiger partial charge on any atom is -0.345 e. The molecule has 102 valence electrons. The Kier molecular flexibility index (Phi) is 3.50. The SMILES string of the molecule is O=C(N[C@@H](c1ccccc1)C1CC1)c1ccccc1F. The quantitative estimate of drug-likeness (QED) is 0.900. The van der Waals surface area contributed by atoms with Gasteiger partial charge in [0.1, 0.15) is 5.82 Å². The van der Waals surface area contributed by atoms with Gasteiger partial charge < -0.3 is 5.32 Å². The minimum absolute atomic E-state index is 0.0247. The molecule has 0 unspecified atom stereocenters. The molecule has 1 N–H and O–H groups in total. The molecule has 0 spiro atoms. The van der Waals surface area contributed by atoms with E-state index in [4.69, 9.17) is 0 Å². The Morgan fingerprint density at radius 3 is 2.35 bits per heavy atom. The summed E-state index contributed by atoms with van der Waals surface area (Å²) in [6, 6.07) is 15.9. The fraction of sp³-hybridized carbons (Fsp3) is 0.235. The highest BCUT2D eigenvalue weighted by atomic mass is 19.1. The molecule has 1 aliphatic carbocycles. The zero-order chi connectivity index (χ0) is 13.9. The number of halogens is 1. The summed E-state index contributed by atoms with van der Waals surface area (Å²) >= 11 is 0. The van der Waals surface area contributed by atoms with Crippen molar-refractivity contribution >= 4 is 5.91 Å². The average molecular weight is 269 g/mol. The van der Waals surface area contributed by atoms with E-state index in [2.05, 4.69) is 5.32 Å². The fourth-order valence-corrected chi connectivity index (χ4v) is 2.43. The van der Waals surface area contributed by atoms with Gasteiger partial charge in [-0.25, -0.2) is 4.39 Å². The lowest BCUT2D eigenvalue weighted by atomic mass is 10.0. The van der Waals surface area contributed by atoms with Crippen LogP contribution in [0.3, 0.4) is 0 Å². The van der Waals surface area contributed by atoms with Crippen molar-refractivity contribution in [2.45, 2.75) is 18.9 Å². The Balaban J connectivity index is 1.81. The molecule has 3 heteroatoms. The normalized spacial score (nSPS) is 15.7. The van der Waals surface area contributed by atoms with Crippen LogP contribution in [0.5, 0.6) is 0 Å². The topological polar surface area (TPSA) is 29.1 Å². The number of carbonyl (C=O) groups is 1. The molecular weight excluding hydrogens is 253 g/mol. The lowest BCUT2D eigenvalue weighted by Crippen LogP contribution is -2.30. The molecule has 0 radical (unpaired) electrons. The summed E-state index contributed by atoms with van der Waals surface area (Å²) in [6.07, 6.45) is 2.22. The third-order valence-electron chi connectivity index (χ3n) is 3.66. The first-order valence-corrected chi connectivity index (χ1v) is 6.86. The van der Waals surface area contributed by atoms with Gasteiger partial charge >= 0.3 is 0 Å². The van der Waals surface area contributed by atoms with Gasteiger partial charge in [-0.05, 0) is 36.5 Å². The summed E-state index contributed by atoms with van der Waals surface area (Å²) < 4.78 is 13.6. The molecular formula is C17H16FNO. The number of amides is 1. The van der Waals surface area contributed by atoms with Crippen LogP contribution in [0.25, 0.3) is 0 Å². The van der Waals surface area contributed by atoms with E-state index in [-0.39, 0.29) is 17.5 Å². The number of carbonyl (C=O) groups excluding carboxylic acids is 1. The van der Waals surface area contributed by atoms with E-state index in [9.17, 15) is 9.18 Å². The second-order valence-electron chi connectivity index (χ2n) is 5.18. The van der Waals surface area contributed by atoms with Crippen LogP contribution >= 0.6 is 0 Å². The van der Waals surface area contributed by atoms with Gasteiger partial charge in [0, 0.05) is 0 Å². The maximum atomic E-state index is 13.6. The van der Waals surface area contributed by atoms with E-state index in [0.717, 1.165) is 18.4 Å². The van der Waals surface area contributed by atoms with E-state index in [1.165, 1.54) is 12.1 Å². The first-order chi connectivity index (χ1) is 9.75. The second kappa shape index (κ2) is 5.45. The number of benzene rings is 2. The van der Waals surface area contributed by atoms with Crippen LogP contribution < -0.4 is 5.32 Å². The van der Waals surface area contributed by atoms with Crippen LogP contribution in [0.1, 0.15) is 34.8 Å². The molecule has 2 nitrogen and oxygen atoms in total. The largest absolute Gasteiger partial charge is 0.345 e. The van der Waals surface area contributed by atoms with Gasteiger partial charge in [-0.2, -0.15) is 0 Å². The predicted molar refractivity (Wildman–Crippen MR) is 75.8 cm³/mol. The minimum atomic E-state index is -0.479. The maximum absolute atomic E-state index is 13.6. The molecule has 3 rings (SSSR count). The molecule has 1 atom stereocenters. The number of rotatable bonds is 4. The summed E-state index contributed by atoms with van der Waals surface area (Å²) in [6.45, 7) is 0. The number of hydrogen-bond donors (Lipinski definition) is 1. The molecule has 0 bridgehead atoms. The lowest BCUT2D eigenvalue weighted by molar-refractivity contribution is 0.0927. The zero-order valence-corrected chi connectivity index (χ0v) is 11.1. The van der Waals surface area contributed by atoms with Crippen molar-refractivity contribution < 1.29 is 9.18 Å². The molecule has 20 heavy (non-hydrogen) atoms. The zero-order valence-electron chi connectivity index (χ0n) is 11.1. The van der Waals surface area contributed by atoms with Crippen molar-refractivity contribution in [1.82, 2.24) is 5.32 Å². The summed E-state index contributed by atoms with van der Waals surface area (Å²) in [4.78, 5) is 12.2. The molecule has 2 aromatic carbocycles. The predicted octanol–water partition coefficient (Wildman–Crippen LogP) is 3.71. The average Bonchev–Trinajstić information content (AvgIpc) is 3.30. The molecule has 0 heterocycles. The van der Waals surface area contributed by atoms with E-state index in [1.54, 1.807) is 12.1 Å². The van der Waals surface area contributed by atoms with Crippen molar-refractivity contribution in [2.75, 3.05) is 0 Å². The van der Waals surface area contributed by atoms with E-state index in [0.29, 0.717) is 5.92 Å². The lowest BCUT2D eigenvalue weighted by Gasteiger charge is -2.19. The Labute approximate surface area is 117 Å². The molecule has 1 fully saturated rings. The summed E-state index contributed by atoms with van der Waals surface area (Å²) in [5.74, 6) is -0.357. The van der Waals surface area contributed by atoms with E-state index >= 15 is 0 Å². The standard InChI is InChI=1S/C17H16FNO/c18-15-9-5-4-8-14(15)17(20)19-16(13-10-11-13)12-6-2-1-3-7-12/h1-9,13,16H,10-11H2,(H,19,20)/t16-/m0/s1. The third-order valence-corrected chi connectivity index (χ3v) is 3.66. The third kappa shape index (κ3) is 2.72. The Morgan fingerprint density at radius 2 is 1.70 bits per heavy atom. The Morgan fingerprint density at radius 1 is 1.05 bits per heavy atom. The summed E-state index contributed by atoms with van der Waals surface area (Å²) in [7, 11) is 0. The smallest absolute Gasteiger partial charge is 0.254 e. The van der Waals surface area contributed by atoms with Crippen LogP contribution in [0.2, 0.25) is 0 Å². The van der Waals surface area contributed by atoms with Gasteiger partial charge in [-0.1, -0.05) is 42.5 Å². The van der Waals surface area contributed by atoms with Crippen molar-refractivity contribution in [1.29, 1.82) is 0 Å². The fourth-order valence-electron chi connectivity index (χ4n) is 2.43. The molecule has 0 saturated heterocycles. The van der Waals surface area contributed by atoms with E-state index in [1.807, 2.05) is 30.3 Å². The molecule has 1 saturated carbocycles. The van der Waals surface area contributed by atoms with E-state index < -0.39 is 5.82 Å². The molecule has 2 aromatic rings. The van der Waals surface area contributed by atoms with Gasteiger partial charge in [0.25, 0.3) is 5.91 Å². The molecule has 0 aromatic heterocycles. The summed E-state index contributed by atoms with van der Waals surface area (Å²) in [5.41, 5.74) is 1.19. The van der Waals surface area contributed by atoms with Crippen LogP contribution in [0, 0.1) is 11.7 Å². The Bertz CT molecular complexity index is 607. The number of hydrogen-bond acceptors (Lipinski definition) is 1. The van der Waals surface area contributed by atoms with Crippen molar-refractivity contribution in [2.24, 2.45) is 5.92 Å². The highest BCUT2D eigenvalue weighted by Crippen LogP contribution is 2.41. The summed E-state index contributed by atoms with van der Waals surface area (Å²) in [5, 5.41) is 2.97. The number of nitrogens with one attached hydrogen (secondary N) is 1. The molecule has 1 aliphatic rings. The van der Waals surface area contributed by atoms with Gasteiger partial charge in [-0.3, -0.25) is 4.79 Å².